The average molecular weight is 276 g/mol. The highest BCUT2D eigenvalue weighted by Gasteiger charge is 2.15. The molecule has 0 unspecified atom stereocenters. The van der Waals surface area contributed by atoms with Crippen LogP contribution >= 0.6 is 0 Å². The van der Waals surface area contributed by atoms with Gasteiger partial charge in [-0.25, -0.2) is 4.79 Å². The van der Waals surface area contributed by atoms with Crippen LogP contribution in [0, 0.1) is 0 Å². The van der Waals surface area contributed by atoms with Crippen molar-refractivity contribution in [3.63, 3.8) is 0 Å². The molecular formula is C16H24N2O2. The third-order valence-electron chi connectivity index (χ3n) is 3.18. The predicted octanol–water partition coefficient (Wildman–Crippen LogP) is 2.99. The highest BCUT2D eigenvalue weighted by atomic mass is 16.3. The summed E-state index contributed by atoms with van der Waals surface area (Å²) >= 11 is 0. The van der Waals surface area contributed by atoms with Gasteiger partial charge in [0.1, 0.15) is 0 Å². The molecule has 0 fully saturated rings. The van der Waals surface area contributed by atoms with Crippen LogP contribution in [0.2, 0.25) is 0 Å². The van der Waals surface area contributed by atoms with E-state index in [1.165, 1.54) is 4.90 Å². The number of aliphatic hydroxyl groups excluding tert-OH is 1. The minimum absolute atomic E-state index is 0.0464. The number of benzene rings is 1. The van der Waals surface area contributed by atoms with Crippen molar-refractivity contribution in [3.8, 4) is 0 Å². The molecule has 0 saturated carbocycles. The first-order valence-electron chi connectivity index (χ1n) is 6.86. The number of anilines is 1. The summed E-state index contributed by atoms with van der Waals surface area (Å²) in [6.45, 7) is 8.22. The molecule has 0 saturated heterocycles. The number of hydrogen-bond donors (Lipinski definition) is 2. The summed E-state index contributed by atoms with van der Waals surface area (Å²) in [5, 5.41) is 11.9. The summed E-state index contributed by atoms with van der Waals surface area (Å²) in [7, 11) is 1.66. The predicted molar refractivity (Wildman–Crippen MR) is 83.2 cm³/mol. The van der Waals surface area contributed by atoms with Crippen LogP contribution in [-0.4, -0.2) is 36.2 Å². The summed E-state index contributed by atoms with van der Waals surface area (Å²) in [6.07, 6.45) is 2.53. The van der Waals surface area contributed by atoms with Crippen LogP contribution in [0.4, 0.5) is 10.5 Å². The van der Waals surface area contributed by atoms with Crippen molar-refractivity contribution in [1.82, 2.24) is 4.90 Å². The van der Waals surface area contributed by atoms with E-state index in [0.717, 1.165) is 16.8 Å². The third kappa shape index (κ3) is 4.10. The molecular weight excluding hydrogens is 252 g/mol. The van der Waals surface area contributed by atoms with E-state index in [2.05, 4.69) is 25.7 Å². The first kappa shape index (κ1) is 16.2. The normalized spacial score (nSPS) is 10.4. The molecule has 110 valence electrons. The first-order chi connectivity index (χ1) is 9.51. The third-order valence-corrected chi connectivity index (χ3v) is 3.18. The molecule has 1 rings (SSSR count). The number of carbonyl (C=O) groups is 1. The maximum Gasteiger partial charge on any atom is 0.321 e. The maximum absolute atomic E-state index is 12.1. The fraction of sp³-hybridized carbons (Fsp3) is 0.438. The quantitative estimate of drug-likeness (QED) is 0.785. The van der Waals surface area contributed by atoms with Crippen molar-refractivity contribution < 1.29 is 9.90 Å². The largest absolute Gasteiger partial charge is 0.395 e. The van der Waals surface area contributed by atoms with E-state index in [-0.39, 0.29) is 12.6 Å². The molecule has 0 aliphatic heterocycles. The minimum atomic E-state index is -0.211. The molecule has 0 spiro atoms. The number of nitrogens with zero attached hydrogens (tertiary/aromatic N) is 1. The maximum atomic E-state index is 12.1. The summed E-state index contributed by atoms with van der Waals surface area (Å²) in [6, 6.07) is 5.81. The Balaban J connectivity index is 3.06. The molecule has 0 heterocycles. The highest BCUT2D eigenvalue weighted by molar-refractivity contribution is 5.91. The molecule has 20 heavy (non-hydrogen) atoms. The van der Waals surface area contributed by atoms with Crippen molar-refractivity contribution in [2.24, 2.45) is 0 Å². The molecule has 0 radical (unpaired) electrons. The lowest BCUT2D eigenvalue weighted by Gasteiger charge is -2.21. The topological polar surface area (TPSA) is 52.6 Å². The van der Waals surface area contributed by atoms with Gasteiger partial charge in [-0.05, 0) is 23.5 Å². The van der Waals surface area contributed by atoms with Crippen molar-refractivity contribution in [3.05, 3.63) is 42.0 Å². The number of amides is 2. The minimum Gasteiger partial charge on any atom is -0.395 e. The van der Waals surface area contributed by atoms with Crippen LogP contribution in [0.25, 0.3) is 0 Å². The van der Waals surface area contributed by atoms with Crippen LogP contribution < -0.4 is 5.32 Å². The van der Waals surface area contributed by atoms with Gasteiger partial charge in [0.25, 0.3) is 0 Å². The van der Waals surface area contributed by atoms with Gasteiger partial charge in [-0.1, -0.05) is 38.1 Å². The fourth-order valence-electron chi connectivity index (χ4n) is 2.03. The molecule has 1 aromatic carbocycles. The molecule has 4 nitrogen and oxygen atoms in total. The van der Waals surface area contributed by atoms with Crippen LogP contribution in [0.3, 0.4) is 0 Å². The van der Waals surface area contributed by atoms with Crippen molar-refractivity contribution in [2.45, 2.75) is 26.2 Å². The lowest BCUT2D eigenvalue weighted by atomic mass is 9.96. The lowest BCUT2D eigenvalue weighted by molar-refractivity contribution is 0.202. The smallest absolute Gasteiger partial charge is 0.321 e. The van der Waals surface area contributed by atoms with Gasteiger partial charge >= 0.3 is 6.03 Å². The zero-order valence-electron chi connectivity index (χ0n) is 12.5. The van der Waals surface area contributed by atoms with E-state index in [1.54, 1.807) is 7.05 Å². The standard InChI is InChI=1S/C16H24N2O2/c1-5-7-13-8-6-9-14(12(2)3)15(13)17-16(20)18(4)10-11-19/h5-6,8-9,12,19H,1,7,10-11H2,2-4H3,(H,17,20). The van der Waals surface area contributed by atoms with Crippen LogP contribution in [0.1, 0.15) is 30.9 Å². The summed E-state index contributed by atoms with van der Waals surface area (Å²) < 4.78 is 0. The van der Waals surface area contributed by atoms with E-state index in [4.69, 9.17) is 5.11 Å². The SMILES string of the molecule is C=CCc1cccc(C(C)C)c1NC(=O)N(C)CCO. The van der Waals surface area contributed by atoms with Gasteiger partial charge in [-0.15, -0.1) is 6.58 Å². The number of hydrogen-bond acceptors (Lipinski definition) is 2. The van der Waals surface area contributed by atoms with Crippen molar-refractivity contribution >= 4 is 11.7 Å². The summed E-state index contributed by atoms with van der Waals surface area (Å²) in [4.78, 5) is 13.6. The van der Waals surface area contributed by atoms with Crippen LogP contribution in [-0.2, 0) is 6.42 Å². The highest BCUT2D eigenvalue weighted by Crippen LogP contribution is 2.28. The van der Waals surface area contributed by atoms with E-state index in [9.17, 15) is 4.79 Å². The van der Waals surface area contributed by atoms with E-state index >= 15 is 0 Å². The Kier molecular flexibility index (Phi) is 6.25. The Hall–Kier alpha value is -1.81. The number of allylic oxidation sites excluding steroid dienone is 1. The zero-order chi connectivity index (χ0) is 15.1. The molecule has 0 aliphatic carbocycles. The molecule has 1 aromatic rings. The Morgan fingerprint density at radius 2 is 2.20 bits per heavy atom. The second-order valence-electron chi connectivity index (χ2n) is 5.10. The van der Waals surface area contributed by atoms with Gasteiger partial charge in [0.2, 0.25) is 0 Å². The molecule has 4 heteroatoms. The molecule has 2 amide bonds. The number of likely N-dealkylation sites (N-methyl/N-ethyl adjacent to an activating group) is 1. The van der Waals surface area contributed by atoms with Crippen molar-refractivity contribution in [2.75, 3.05) is 25.5 Å². The van der Waals surface area contributed by atoms with E-state index in [0.29, 0.717) is 18.9 Å². The summed E-state index contributed by atoms with van der Waals surface area (Å²) in [5.74, 6) is 0.318. The second-order valence-corrected chi connectivity index (χ2v) is 5.10. The average Bonchev–Trinajstić information content (AvgIpc) is 2.40. The fourth-order valence-corrected chi connectivity index (χ4v) is 2.03. The number of aliphatic hydroxyl groups is 1. The van der Waals surface area contributed by atoms with Crippen LogP contribution in [0.15, 0.2) is 30.9 Å². The van der Waals surface area contributed by atoms with Crippen LogP contribution in [0.5, 0.6) is 0 Å². The number of para-hydroxylation sites is 1. The monoisotopic (exact) mass is 276 g/mol. The Morgan fingerprint density at radius 3 is 2.75 bits per heavy atom. The lowest BCUT2D eigenvalue weighted by Crippen LogP contribution is -2.34. The van der Waals surface area contributed by atoms with Gasteiger partial charge in [0.15, 0.2) is 0 Å². The summed E-state index contributed by atoms with van der Waals surface area (Å²) in [5.41, 5.74) is 3.02. The van der Waals surface area contributed by atoms with Gasteiger partial charge in [0, 0.05) is 19.3 Å². The molecule has 2 N–H and O–H groups in total. The van der Waals surface area contributed by atoms with E-state index in [1.807, 2.05) is 24.3 Å². The van der Waals surface area contributed by atoms with Gasteiger partial charge in [0.05, 0.1) is 6.61 Å². The Bertz CT molecular complexity index is 470. The number of nitrogens with one attached hydrogen (secondary N) is 1. The second kappa shape index (κ2) is 7.70. The van der Waals surface area contributed by atoms with Crippen molar-refractivity contribution in [1.29, 1.82) is 0 Å². The number of urea groups is 1. The molecule has 0 aliphatic rings. The Morgan fingerprint density at radius 1 is 1.50 bits per heavy atom. The van der Waals surface area contributed by atoms with Gasteiger partial charge in [-0.3, -0.25) is 0 Å². The number of rotatable bonds is 6. The Labute approximate surface area is 121 Å². The first-order valence-corrected chi connectivity index (χ1v) is 6.86. The zero-order valence-corrected chi connectivity index (χ0v) is 12.5. The molecule has 0 atom stereocenters. The molecule has 0 aromatic heterocycles. The van der Waals surface area contributed by atoms with E-state index < -0.39 is 0 Å². The number of carbonyl (C=O) groups excluding carboxylic acids is 1. The van der Waals surface area contributed by atoms with Gasteiger partial charge < -0.3 is 15.3 Å². The van der Waals surface area contributed by atoms with Gasteiger partial charge in [-0.2, -0.15) is 0 Å². The molecule has 0 bridgehead atoms.